The fourth-order valence-electron chi connectivity index (χ4n) is 3.98. The molecule has 2 amide bonds. The molecule has 0 radical (unpaired) electrons. The van der Waals surface area contributed by atoms with Crippen molar-refractivity contribution in [3.8, 4) is 5.69 Å². The summed E-state index contributed by atoms with van der Waals surface area (Å²) in [5.74, 6) is -0.0916. The van der Waals surface area contributed by atoms with Crippen molar-refractivity contribution < 1.29 is 27.5 Å². The molecule has 0 aliphatic carbocycles. The van der Waals surface area contributed by atoms with Gasteiger partial charge < -0.3 is 15.0 Å². The number of carbonyl (C=O) groups excluding carboxylic acids is 2. The lowest BCUT2D eigenvalue weighted by Gasteiger charge is -2.34. The minimum atomic E-state index is -4.46. The topological polar surface area (TPSA) is 76.5 Å². The standard InChI is InChI=1S/C24H31F3N4O3/c1-16-20(14-29-31(16)19-9-5-8-18(13-19)24(25,26)27)21(32)28-11-10-17-7-6-12-30(15-17)22(33)34-23(2,3)4/h5,8-9,13-14,17H,6-7,10-12,15H2,1-4H3,(H,28,32). The van der Waals surface area contributed by atoms with Gasteiger partial charge in [0.2, 0.25) is 0 Å². The van der Waals surface area contributed by atoms with Crippen LogP contribution in [-0.4, -0.2) is 51.9 Å². The first-order valence-corrected chi connectivity index (χ1v) is 11.3. The second-order valence-electron chi connectivity index (χ2n) is 9.58. The predicted molar refractivity (Wildman–Crippen MR) is 121 cm³/mol. The van der Waals surface area contributed by atoms with E-state index in [9.17, 15) is 22.8 Å². The molecule has 2 aromatic rings. The van der Waals surface area contributed by atoms with E-state index in [4.69, 9.17) is 4.74 Å². The molecule has 10 heteroatoms. The minimum absolute atomic E-state index is 0.232. The molecule has 1 aromatic carbocycles. The van der Waals surface area contributed by atoms with E-state index in [-0.39, 0.29) is 23.6 Å². The smallest absolute Gasteiger partial charge is 0.416 e. The second-order valence-corrected chi connectivity index (χ2v) is 9.58. The SMILES string of the molecule is Cc1c(C(=O)NCCC2CCCN(C(=O)OC(C)(C)C)C2)cnn1-c1cccc(C(F)(F)F)c1. The zero-order valence-corrected chi connectivity index (χ0v) is 19.9. The Hall–Kier alpha value is -3.04. The van der Waals surface area contributed by atoms with Crippen LogP contribution in [0.2, 0.25) is 0 Å². The number of hydrogen-bond donors (Lipinski definition) is 1. The molecule has 0 bridgehead atoms. The van der Waals surface area contributed by atoms with Gasteiger partial charge >= 0.3 is 12.3 Å². The second kappa shape index (κ2) is 10.1. The van der Waals surface area contributed by atoms with Crippen LogP contribution in [0.5, 0.6) is 0 Å². The largest absolute Gasteiger partial charge is 0.444 e. The Kier molecular flexibility index (Phi) is 7.57. The lowest BCUT2D eigenvalue weighted by molar-refractivity contribution is -0.137. The summed E-state index contributed by atoms with van der Waals surface area (Å²) in [6.07, 6.45) is -0.890. The third kappa shape index (κ3) is 6.51. The van der Waals surface area contributed by atoms with E-state index in [1.54, 1.807) is 11.8 Å². The Bertz CT molecular complexity index is 1030. The van der Waals surface area contributed by atoms with Gasteiger partial charge in [0.25, 0.3) is 5.91 Å². The predicted octanol–water partition coefficient (Wildman–Crippen LogP) is 4.97. The summed E-state index contributed by atoms with van der Waals surface area (Å²) in [7, 11) is 0. The van der Waals surface area contributed by atoms with Crippen LogP contribution in [0.25, 0.3) is 5.69 Å². The molecule has 1 saturated heterocycles. The van der Waals surface area contributed by atoms with Crippen molar-refractivity contribution in [2.45, 2.75) is 58.7 Å². The average Bonchev–Trinajstić information content (AvgIpc) is 3.13. The van der Waals surface area contributed by atoms with Crippen LogP contribution in [-0.2, 0) is 10.9 Å². The van der Waals surface area contributed by atoms with Gasteiger partial charge in [-0.25, -0.2) is 9.48 Å². The van der Waals surface area contributed by atoms with E-state index >= 15 is 0 Å². The molecular weight excluding hydrogens is 449 g/mol. The first-order valence-electron chi connectivity index (χ1n) is 11.3. The van der Waals surface area contributed by atoms with Crippen LogP contribution in [0, 0.1) is 12.8 Å². The highest BCUT2D eigenvalue weighted by Crippen LogP contribution is 2.30. The maximum absolute atomic E-state index is 13.0. The van der Waals surface area contributed by atoms with Crippen molar-refractivity contribution >= 4 is 12.0 Å². The van der Waals surface area contributed by atoms with E-state index in [2.05, 4.69) is 10.4 Å². The number of rotatable bonds is 5. The molecule has 1 N–H and O–H groups in total. The monoisotopic (exact) mass is 480 g/mol. The molecule has 1 unspecified atom stereocenters. The van der Waals surface area contributed by atoms with Crippen molar-refractivity contribution in [2.75, 3.05) is 19.6 Å². The van der Waals surface area contributed by atoms with E-state index in [0.29, 0.717) is 37.3 Å². The summed E-state index contributed by atoms with van der Waals surface area (Å²) < 4.78 is 45.9. The van der Waals surface area contributed by atoms with Gasteiger partial charge in [0.05, 0.1) is 28.7 Å². The molecule has 1 aliphatic rings. The molecule has 0 saturated carbocycles. The summed E-state index contributed by atoms with van der Waals surface area (Å²) in [6.45, 7) is 8.79. The molecule has 1 fully saturated rings. The number of carbonyl (C=O) groups is 2. The number of nitrogens with zero attached hydrogens (tertiary/aromatic N) is 3. The summed E-state index contributed by atoms with van der Waals surface area (Å²) in [6, 6.07) is 4.81. The van der Waals surface area contributed by atoms with Gasteiger partial charge in [-0.15, -0.1) is 0 Å². The summed E-state index contributed by atoms with van der Waals surface area (Å²) >= 11 is 0. The zero-order valence-electron chi connectivity index (χ0n) is 19.9. The Morgan fingerprint density at radius 2 is 1.97 bits per heavy atom. The fraction of sp³-hybridized carbons (Fsp3) is 0.542. The first-order chi connectivity index (χ1) is 15.8. The lowest BCUT2D eigenvalue weighted by atomic mass is 9.95. The Labute approximate surface area is 197 Å². The number of nitrogens with one attached hydrogen (secondary N) is 1. The number of ether oxygens (including phenoxy) is 1. The van der Waals surface area contributed by atoms with Crippen molar-refractivity contribution in [3.63, 3.8) is 0 Å². The molecule has 1 aromatic heterocycles. The van der Waals surface area contributed by atoms with Crippen LogP contribution in [0.3, 0.4) is 0 Å². The normalized spacial score (nSPS) is 16.9. The molecule has 2 heterocycles. The van der Waals surface area contributed by atoms with Gasteiger partial charge in [-0.1, -0.05) is 6.07 Å². The highest BCUT2D eigenvalue weighted by molar-refractivity contribution is 5.95. The van der Waals surface area contributed by atoms with Crippen molar-refractivity contribution in [2.24, 2.45) is 5.92 Å². The van der Waals surface area contributed by atoms with Crippen molar-refractivity contribution in [1.29, 1.82) is 0 Å². The van der Waals surface area contributed by atoms with Gasteiger partial charge in [0.15, 0.2) is 0 Å². The molecule has 7 nitrogen and oxygen atoms in total. The lowest BCUT2D eigenvalue weighted by Crippen LogP contribution is -2.43. The highest BCUT2D eigenvalue weighted by Gasteiger charge is 2.31. The number of likely N-dealkylation sites (tertiary alicyclic amines) is 1. The number of halogens is 3. The van der Waals surface area contributed by atoms with Gasteiger partial charge in [-0.05, 0) is 71.1 Å². The quantitative estimate of drug-likeness (QED) is 0.656. The third-order valence-corrected chi connectivity index (χ3v) is 5.68. The molecule has 1 atom stereocenters. The van der Waals surface area contributed by atoms with E-state index in [1.807, 2.05) is 20.8 Å². The Morgan fingerprint density at radius 1 is 1.24 bits per heavy atom. The van der Waals surface area contributed by atoms with Crippen LogP contribution in [0.4, 0.5) is 18.0 Å². The number of amides is 2. The van der Waals surface area contributed by atoms with Crippen LogP contribution < -0.4 is 5.32 Å². The molecule has 186 valence electrons. The third-order valence-electron chi connectivity index (χ3n) is 5.68. The minimum Gasteiger partial charge on any atom is -0.444 e. The molecule has 0 spiro atoms. The van der Waals surface area contributed by atoms with E-state index in [0.717, 1.165) is 25.0 Å². The fourth-order valence-corrected chi connectivity index (χ4v) is 3.98. The van der Waals surface area contributed by atoms with E-state index < -0.39 is 17.3 Å². The average molecular weight is 481 g/mol. The zero-order chi connectivity index (χ0) is 25.1. The van der Waals surface area contributed by atoms with Gasteiger partial charge in [-0.2, -0.15) is 18.3 Å². The number of aromatic nitrogens is 2. The highest BCUT2D eigenvalue weighted by atomic mass is 19.4. The van der Waals surface area contributed by atoms with Crippen molar-refractivity contribution in [3.05, 3.63) is 47.3 Å². The number of hydrogen-bond acceptors (Lipinski definition) is 4. The molecule has 34 heavy (non-hydrogen) atoms. The van der Waals surface area contributed by atoms with Crippen LogP contribution >= 0.6 is 0 Å². The van der Waals surface area contributed by atoms with Crippen LogP contribution in [0.1, 0.15) is 61.6 Å². The van der Waals surface area contributed by atoms with E-state index in [1.165, 1.54) is 23.0 Å². The number of benzene rings is 1. The maximum Gasteiger partial charge on any atom is 0.416 e. The first kappa shape index (κ1) is 25.6. The van der Waals surface area contributed by atoms with Gasteiger partial charge in [0, 0.05) is 19.6 Å². The summed E-state index contributed by atoms with van der Waals surface area (Å²) in [5, 5.41) is 6.98. The van der Waals surface area contributed by atoms with Gasteiger partial charge in [-0.3, -0.25) is 4.79 Å². The number of piperidine rings is 1. The number of alkyl halides is 3. The van der Waals surface area contributed by atoms with Gasteiger partial charge in [0.1, 0.15) is 5.60 Å². The summed E-state index contributed by atoms with van der Waals surface area (Å²) in [5.41, 5.74) is -0.342. The summed E-state index contributed by atoms with van der Waals surface area (Å²) in [4.78, 5) is 26.7. The Morgan fingerprint density at radius 3 is 2.65 bits per heavy atom. The molecule has 3 rings (SSSR count). The molecule has 1 aliphatic heterocycles. The van der Waals surface area contributed by atoms with Crippen molar-refractivity contribution in [1.82, 2.24) is 20.0 Å². The van der Waals surface area contributed by atoms with Crippen LogP contribution in [0.15, 0.2) is 30.5 Å². The molecular formula is C24H31F3N4O3. The maximum atomic E-state index is 13.0. The Balaban J connectivity index is 1.56.